The van der Waals surface area contributed by atoms with Crippen molar-refractivity contribution in [3.05, 3.63) is 63.8 Å². The van der Waals surface area contributed by atoms with Crippen LogP contribution in [-0.2, 0) is 6.54 Å². The summed E-state index contributed by atoms with van der Waals surface area (Å²) >= 11 is 0. The van der Waals surface area contributed by atoms with Crippen LogP contribution in [-0.4, -0.2) is 4.57 Å². The zero-order valence-corrected chi connectivity index (χ0v) is 12.0. The molecule has 106 valence electrons. The SMILES string of the molecule is CCn1cc(NC(C)c2ccc(C)c(F)c2)ccc1=O. The van der Waals surface area contributed by atoms with Crippen molar-refractivity contribution in [2.75, 3.05) is 5.32 Å². The summed E-state index contributed by atoms with van der Waals surface area (Å²) in [4.78, 5) is 11.5. The van der Waals surface area contributed by atoms with Gasteiger partial charge < -0.3 is 9.88 Å². The Bertz CT molecular complexity index is 664. The van der Waals surface area contributed by atoms with Gasteiger partial charge >= 0.3 is 0 Å². The third-order valence-electron chi connectivity index (χ3n) is 3.40. The summed E-state index contributed by atoms with van der Waals surface area (Å²) in [7, 11) is 0. The Labute approximate surface area is 118 Å². The first-order chi connectivity index (χ1) is 9.51. The average Bonchev–Trinajstić information content (AvgIpc) is 2.43. The minimum atomic E-state index is -0.199. The number of hydrogen-bond donors (Lipinski definition) is 1. The van der Waals surface area contributed by atoms with E-state index in [1.807, 2.05) is 19.9 Å². The summed E-state index contributed by atoms with van der Waals surface area (Å²) in [5.41, 5.74) is 2.34. The van der Waals surface area contributed by atoms with Crippen molar-refractivity contribution in [2.24, 2.45) is 0 Å². The Morgan fingerprint density at radius 3 is 2.70 bits per heavy atom. The van der Waals surface area contributed by atoms with Crippen molar-refractivity contribution in [1.29, 1.82) is 0 Å². The molecule has 1 aromatic heterocycles. The van der Waals surface area contributed by atoms with Gasteiger partial charge in [0.1, 0.15) is 5.82 Å². The second-order valence-electron chi connectivity index (χ2n) is 4.92. The van der Waals surface area contributed by atoms with Crippen molar-refractivity contribution in [2.45, 2.75) is 33.4 Å². The number of benzene rings is 1. The third-order valence-corrected chi connectivity index (χ3v) is 3.40. The second-order valence-corrected chi connectivity index (χ2v) is 4.92. The number of aromatic nitrogens is 1. The lowest BCUT2D eigenvalue weighted by atomic mass is 10.1. The van der Waals surface area contributed by atoms with Gasteiger partial charge in [-0.15, -0.1) is 0 Å². The maximum Gasteiger partial charge on any atom is 0.250 e. The van der Waals surface area contributed by atoms with Crippen molar-refractivity contribution >= 4 is 5.69 Å². The standard InChI is InChI=1S/C16H19FN2O/c1-4-19-10-14(7-8-16(19)20)18-12(3)13-6-5-11(2)15(17)9-13/h5-10,12,18H,4H2,1-3H3. The molecule has 4 heteroatoms. The van der Waals surface area contributed by atoms with Gasteiger partial charge in [0, 0.05) is 24.8 Å². The summed E-state index contributed by atoms with van der Waals surface area (Å²) < 4.78 is 15.2. The van der Waals surface area contributed by atoms with Gasteiger partial charge in [0.25, 0.3) is 5.56 Å². The number of nitrogens with one attached hydrogen (secondary N) is 1. The van der Waals surface area contributed by atoms with Gasteiger partial charge in [-0.1, -0.05) is 12.1 Å². The number of halogens is 1. The summed E-state index contributed by atoms with van der Waals surface area (Å²) in [6.07, 6.45) is 1.78. The van der Waals surface area contributed by atoms with Crippen LogP contribution in [0.25, 0.3) is 0 Å². The summed E-state index contributed by atoms with van der Waals surface area (Å²) in [5, 5.41) is 3.28. The van der Waals surface area contributed by atoms with E-state index in [2.05, 4.69) is 5.32 Å². The third kappa shape index (κ3) is 3.07. The molecule has 1 aromatic carbocycles. The van der Waals surface area contributed by atoms with Crippen LogP contribution in [0.5, 0.6) is 0 Å². The molecule has 0 spiro atoms. The van der Waals surface area contributed by atoms with Crippen molar-refractivity contribution in [3.8, 4) is 0 Å². The highest BCUT2D eigenvalue weighted by Gasteiger charge is 2.08. The molecule has 20 heavy (non-hydrogen) atoms. The molecule has 1 N–H and O–H groups in total. The molecule has 0 bridgehead atoms. The maximum atomic E-state index is 13.6. The lowest BCUT2D eigenvalue weighted by Gasteiger charge is -2.17. The normalized spacial score (nSPS) is 12.2. The van der Waals surface area contributed by atoms with Crippen LogP contribution < -0.4 is 10.9 Å². The van der Waals surface area contributed by atoms with Crippen LogP contribution in [0.1, 0.15) is 31.0 Å². The monoisotopic (exact) mass is 274 g/mol. The fourth-order valence-electron chi connectivity index (χ4n) is 2.08. The molecule has 0 aliphatic heterocycles. The quantitative estimate of drug-likeness (QED) is 0.926. The fourth-order valence-corrected chi connectivity index (χ4v) is 2.08. The summed E-state index contributed by atoms with van der Waals surface area (Å²) in [5.74, 6) is -0.199. The molecule has 3 nitrogen and oxygen atoms in total. The van der Waals surface area contributed by atoms with Gasteiger partial charge in [-0.05, 0) is 44.0 Å². The first kappa shape index (κ1) is 14.3. The number of nitrogens with zero attached hydrogens (tertiary/aromatic N) is 1. The van der Waals surface area contributed by atoms with E-state index >= 15 is 0 Å². The molecule has 0 aliphatic rings. The number of hydrogen-bond acceptors (Lipinski definition) is 2. The minimum absolute atomic E-state index is 0.0212. The van der Waals surface area contributed by atoms with E-state index < -0.39 is 0 Å². The molecule has 0 saturated heterocycles. The van der Waals surface area contributed by atoms with E-state index in [9.17, 15) is 9.18 Å². The van der Waals surface area contributed by atoms with Crippen LogP contribution in [0.4, 0.5) is 10.1 Å². The molecule has 1 unspecified atom stereocenters. The lowest BCUT2D eigenvalue weighted by molar-refractivity contribution is 0.614. The Morgan fingerprint density at radius 2 is 2.05 bits per heavy atom. The van der Waals surface area contributed by atoms with Crippen LogP contribution in [0.3, 0.4) is 0 Å². The number of pyridine rings is 1. The van der Waals surface area contributed by atoms with Crippen LogP contribution in [0.2, 0.25) is 0 Å². The van der Waals surface area contributed by atoms with E-state index in [1.165, 1.54) is 6.07 Å². The van der Waals surface area contributed by atoms with Gasteiger partial charge in [-0.2, -0.15) is 0 Å². The molecular formula is C16H19FN2O. The Hall–Kier alpha value is -2.10. The smallest absolute Gasteiger partial charge is 0.250 e. The second kappa shape index (κ2) is 5.90. The van der Waals surface area contributed by atoms with Crippen LogP contribution in [0, 0.1) is 12.7 Å². The molecule has 2 rings (SSSR count). The average molecular weight is 274 g/mol. The van der Waals surface area contributed by atoms with Crippen molar-refractivity contribution < 1.29 is 4.39 Å². The molecule has 2 aromatic rings. The van der Waals surface area contributed by atoms with Crippen molar-refractivity contribution in [1.82, 2.24) is 4.57 Å². The van der Waals surface area contributed by atoms with Gasteiger partial charge in [-0.3, -0.25) is 4.79 Å². The molecule has 0 amide bonds. The Kier molecular flexibility index (Phi) is 4.23. The van der Waals surface area contributed by atoms with Gasteiger partial charge in [0.05, 0.1) is 5.69 Å². The minimum Gasteiger partial charge on any atom is -0.377 e. The predicted molar refractivity (Wildman–Crippen MR) is 79.6 cm³/mol. The summed E-state index contributed by atoms with van der Waals surface area (Å²) in [6, 6.07) is 8.47. The summed E-state index contributed by atoms with van der Waals surface area (Å²) in [6.45, 7) is 6.26. The van der Waals surface area contributed by atoms with Crippen molar-refractivity contribution in [3.63, 3.8) is 0 Å². The number of rotatable bonds is 4. The Balaban J connectivity index is 2.20. The molecule has 0 aliphatic carbocycles. The zero-order chi connectivity index (χ0) is 14.7. The highest BCUT2D eigenvalue weighted by Crippen LogP contribution is 2.20. The topological polar surface area (TPSA) is 34.0 Å². The molecule has 0 saturated carbocycles. The predicted octanol–water partition coefficient (Wildman–Crippen LogP) is 3.49. The van der Waals surface area contributed by atoms with E-state index in [0.717, 1.165) is 11.3 Å². The van der Waals surface area contributed by atoms with Gasteiger partial charge in [0.15, 0.2) is 0 Å². The first-order valence-corrected chi connectivity index (χ1v) is 6.74. The van der Waals surface area contributed by atoms with E-state index in [1.54, 1.807) is 35.9 Å². The first-order valence-electron chi connectivity index (χ1n) is 6.74. The number of anilines is 1. The van der Waals surface area contributed by atoms with Gasteiger partial charge in [0.2, 0.25) is 0 Å². The lowest BCUT2D eigenvalue weighted by Crippen LogP contribution is -2.18. The number of aryl methyl sites for hydroxylation is 2. The molecule has 0 fully saturated rings. The van der Waals surface area contributed by atoms with Crippen LogP contribution >= 0.6 is 0 Å². The fraction of sp³-hybridized carbons (Fsp3) is 0.312. The maximum absolute atomic E-state index is 13.6. The van der Waals surface area contributed by atoms with E-state index in [0.29, 0.717) is 12.1 Å². The Morgan fingerprint density at radius 1 is 1.30 bits per heavy atom. The largest absolute Gasteiger partial charge is 0.377 e. The van der Waals surface area contributed by atoms with E-state index in [-0.39, 0.29) is 17.4 Å². The zero-order valence-electron chi connectivity index (χ0n) is 12.0. The highest BCUT2D eigenvalue weighted by atomic mass is 19.1. The van der Waals surface area contributed by atoms with E-state index in [4.69, 9.17) is 0 Å². The van der Waals surface area contributed by atoms with Gasteiger partial charge in [-0.25, -0.2) is 4.39 Å². The molecule has 0 radical (unpaired) electrons. The molecular weight excluding hydrogens is 255 g/mol. The molecule has 1 heterocycles. The highest BCUT2D eigenvalue weighted by molar-refractivity contribution is 5.43. The van der Waals surface area contributed by atoms with Crippen LogP contribution in [0.15, 0.2) is 41.3 Å². The molecule has 1 atom stereocenters.